The lowest BCUT2D eigenvalue weighted by Crippen LogP contribution is -2.15. The van der Waals surface area contributed by atoms with E-state index in [1.807, 2.05) is 25.1 Å². The number of halogens is 2. The van der Waals surface area contributed by atoms with Crippen molar-refractivity contribution in [3.05, 3.63) is 58.9 Å². The summed E-state index contributed by atoms with van der Waals surface area (Å²) in [5.74, 6) is -0.525. The fourth-order valence-corrected chi connectivity index (χ4v) is 2.67. The van der Waals surface area contributed by atoms with Gasteiger partial charge < -0.3 is 5.32 Å². The average Bonchev–Trinajstić information content (AvgIpc) is 2.42. The van der Waals surface area contributed by atoms with Crippen LogP contribution in [0.3, 0.4) is 0 Å². The summed E-state index contributed by atoms with van der Waals surface area (Å²) in [6.07, 6.45) is 0. The largest absolute Gasteiger partial charge is 0.323 e. The van der Waals surface area contributed by atoms with Crippen molar-refractivity contribution in [1.82, 2.24) is 0 Å². The first kappa shape index (κ1) is 14.9. The number of carbonyl (C=O) groups is 1. The zero-order valence-electron chi connectivity index (χ0n) is 10.8. The minimum Gasteiger partial charge on any atom is -0.323 e. The minimum atomic E-state index is -0.438. The van der Waals surface area contributed by atoms with Gasteiger partial charge in [0, 0.05) is 4.90 Å². The summed E-state index contributed by atoms with van der Waals surface area (Å²) in [5.41, 5.74) is 1.09. The number of nitrogens with one attached hydrogen (secondary N) is 1. The van der Waals surface area contributed by atoms with Crippen molar-refractivity contribution in [3.8, 4) is 0 Å². The van der Waals surface area contributed by atoms with Gasteiger partial charge in [-0.3, -0.25) is 4.79 Å². The maximum atomic E-state index is 13.5. The van der Waals surface area contributed by atoms with E-state index in [1.165, 1.54) is 17.8 Å². The number of carbonyl (C=O) groups excluding carboxylic acids is 1. The van der Waals surface area contributed by atoms with Gasteiger partial charge in [-0.15, -0.1) is 11.8 Å². The topological polar surface area (TPSA) is 29.1 Å². The van der Waals surface area contributed by atoms with E-state index in [9.17, 15) is 9.18 Å². The number of amides is 1. The third kappa shape index (κ3) is 3.99. The van der Waals surface area contributed by atoms with Crippen LogP contribution in [-0.4, -0.2) is 11.7 Å². The molecule has 0 aliphatic heterocycles. The van der Waals surface area contributed by atoms with Crippen molar-refractivity contribution in [2.75, 3.05) is 11.1 Å². The lowest BCUT2D eigenvalue weighted by molar-refractivity contribution is -0.113. The molecule has 20 heavy (non-hydrogen) atoms. The Labute approximate surface area is 126 Å². The van der Waals surface area contributed by atoms with E-state index in [4.69, 9.17) is 11.6 Å². The molecule has 0 atom stereocenters. The first-order valence-electron chi connectivity index (χ1n) is 5.99. The molecular formula is C15H13ClFNOS. The molecule has 1 amide bonds. The molecule has 0 fully saturated rings. The highest BCUT2D eigenvalue weighted by Crippen LogP contribution is 2.26. The highest BCUT2D eigenvalue weighted by atomic mass is 35.5. The molecule has 0 saturated heterocycles. The van der Waals surface area contributed by atoms with E-state index >= 15 is 0 Å². The van der Waals surface area contributed by atoms with Crippen LogP contribution >= 0.6 is 23.4 Å². The van der Waals surface area contributed by atoms with E-state index in [0.717, 1.165) is 10.5 Å². The van der Waals surface area contributed by atoms with Crippen LogP contribution in [0.5, 0.6) is 0 Å². The molecule has 2 aromatic carbocycles. The summed E-state index contributed by atoms with van der Waals surface area (Å²) in [5, 5.41) is 3.17. The number of aryl methyl sites for hydroxylation is 1. The predicted molar refractivity (Wildman–Crippen MR) is 81.9 cm³/mol. The Morgan fingerprint density at radius 2 is 2.05 bits per heavy atom. The Morgan fingerprint density at radius 3 is 2.80 bits per heavy atom. The van der Waals surface area contributed by atoms with Crippen molar-refractivity contribution in [2.45, 2.75) is 11.8 Å². The first-order valence-corrected chi connectivity index (χ1v) is 7.36. The molecule has 5 heteroatoms. The molecule has 1 N–H and O–H groups in total. The highest BCUT2D eigenvalue weighted by Gasteiger charge is 2.09. The van der Waals surface area contributed by atoms with Gasteiger partial charge in [0.15, 0.2) is 0 Å². The number of anilines is 1. The van der Waals surface area contributed by atoms with Crippen molar-refractivity contribution >= 4 is 35.0 Å². The zero-order chi connectivity index (χ0) is 14.5. The molecular weight excluding hydrogens is 297 g/mol. The third-order valence-electron chi connectivity index (χ3n) is 2.59. The monoisotopic (exact) mass is 309 g/mol. The summed E-state index contributed by atoms with van der Waals surface area (Å²) in [6, 6.07) is 11.9. The van der Waals surface area contributed by atoms with Gasteiger partial charge in [-0.2, -0.15) is 0 Å². The minimum absolute atomic E-state index is 0.178. The normalized spacial score (nSPS) is 10.3. The van der Waals surface area contributed by atoms with Crippen LogP contribution in [0.2, 0.25) is 5.02 Å². The molecule has 0 saturated carbocycles. The molecule has 104 valence electrons. The quantitative estimate of drug-likeness (QED) is 0.841. The summed E-state index contributed by atoms with van der Waals surface area (Å²) < 4.78 is 13.5. The van der Waals surface area contributed by atoms with E-state index in [1.54, 1.807) is 18.2 Å². The van der Waals surface area contributed by atoms with Gasteiger partial charge in [0.05, 0.1) is 16.5 Å². The van der Waals surface area contributed by atoms with Gasteiger partial charge in [-0.1, -0.05) is 29.8 Å². The molecule has 0 heterocycles. The second kappa shape index (κ2) is 6.77. The molecule has 0 bridgehead atoms. The molecule has 0 radical (unpaired) electrons. The second-order valence-electron chi connectivity index (χ2n) is 4.25. The number of hydrogen-bond acceptors (Lipinski definition) is 2. The third-order valence-corrected chi connectivity index (χ3v) is 4.11. The van der Waals surface area contributed by atoms with Crippen LogP contribution in [0.1, 0.15) is 5.56 Å². The van der Waals surface area contributed by atoms with Crippen LogP contribution in [0.15, 0.2) is 47.4 Å². The smallest absolute Gasteiger partial charge is 0.234 e. The standard InChI is InChI=1S/C15H13ClFNOS/c1-10-6-7-12(17)13(8-10)18-15(19)9-20-14-5-3-2-4-11(14)16/h2-8H,9H2,1H3,(H,18,19). The van der Waals surface area contributed by atoms with Gasteiger partial charge in [0.2, 0.25) is 5.91 Å². The number of thioether (sulfide) groups is 1. The van der Waals surface area contributed by atoms with E-state index in [0.29, 0.717) is 5.02 Å². The van der Waals surface area contributed by atoms with Gasteiger partial charge in [-0.05, 0) is 36.8 Å². The number of hydrogen-bond donors (Lipinski definition) is 1. The Morgan fingerprint density at radius 1 is 1.30 bits per heavy atom. The molecule has 2 aromatic rings. The number of benzene rings is 2. The average molecular weight is 310 g/mol. The molecule has 0 unspecified atom stereocenters. The van der Waals surface area contributed by atoms with Crippen molar-refractivity contribution in [3.63, 3.8) is 0 Å². The van der Waals surface area contributed by atoms with Crippen molar-refractivity contribution in [1.29, 1.82) is 0 Å². The summed E-state index contributed by atoms with van der Waals surface area (Å²) in [4.78, 5) is 12.6. The summed E-state index contributed by atoms with van der Waals surface area (Å²) >= 11 is 7.32. The molecule has 0 aromatic heterocycles. The predicted octanol–water partition coefficient (Wildman–Crippen LogP) is 4.52. The maximum absolute atomic E-state index is 13.5. The van der Waals surface area contributed by atoms with Gasteiger partial charge in [-0.25, -0.2) is 4.39 Å². The van der Waals surface area contributed by atoms with Gasteiger partial charge in [0.1, 0.15) is 5.82 Å². The molecule has 0 aliphatic rings. The van der Waals surface area contributed by atoms with E-state index < -0.39 is 5.82 Å². The fourth-order valence-electron chi connectivity index (χ4n) is 1.63. The second-order valence-corrected chi connectivity index (χ2v) is 5.67. The van der Waals surface area contributed by atoms with E-state index in [-0.39, 0.29) is 17.3 Å². The molecule has 2 nitrogen and oxygen atoms in total. The Kier molecular flexibility index (Phi) is 5.04. The Balaban J connectivity index is 1.96. The highest BCUT2D eigenvalue weighted by molar-refractivity contribution is 8.00. The molecule has 2 rings (SSSR count). The SMILES string of the molecule is Cc1ccc(F)c(NC(=O)CSc2ccccc2Cl)c1. The van der Waals surface area contributed by atoms with Crippen LogP contribution < -0.4 is 5.32 Å². The maximum Gasteiger partial charge on any atom is 0.234 e. The molecule has 0 spiro atoms. The fraction of sp³-hybridized carbons (Fsp3) is 0.133. The van der Waals surface area contributed by atoms with Crippen molar-refractivity contribution in [2.24, 2.45) is 0 Å². The number of rotatable bonds is 4. The van der Waals surface area contributed by atoms with Gasteiger partial charge >= 0.3 is 0 Å². The lowest BCUT2D eigenvalue weighted by Gasteiger charge is -2.08. The van der Waals surface area contributed by atoms with Crippen LogP contribution in [0.4, 0.5) is 10.1 Å². The van der Waals surface area contributed by atoms with Crippen LogP contribution in [0, 0.1) is 12.7 Å². The van der Waals surface area contributed by atoms with E-state index in [2.05, 4.69) is 5.32 Å². The Bertz CT molecular complexity index is 633. The van der Waals surface area contributed by atoms with Gasteiger partial charge in [0.25, 0.3) is 0 Å². The lowest BCUT2D eigenvalue weighted by atomic mass is 10.2. The summed E-state index contributed by atoms with van der Waals surface area (Å²) in [6.45, 7) is 1.84. The molecule has 0 aliphatic carbocycles. The Hall–Kier alpha value is -1.52. The van der Waals surface area contributed by atoms with Crippen molar-refractivity contribution < 1.29 is 9.18 Å². The zero-order valence-corrected chi connectivity index (χ0v) is 12.4. The summed E-state index contributed by atoms with van der Waals surface area (Å²) in [7, 11) is 0. The first-order chi connectivity index (χ1) is 9.56. The van der Waals surface area contributed by atoms with Crippen LogP contribution in [-0.2, 0) is 4.79 Å². The van der Waals surface area contributed by atoms with Crippen LogP contribution in [0.25, 0.3) is 0 Å².